The maximum Gasteiger partial charge on any atom is 0.219 e. The Morgan fingerprint density at radius 2 is 2.00 bits per heavy atom. The zero-order valence-electron chi connectivity index (χ0n) is 14.0. The molecular weight excluding hydrogens is 294 g/mol. The van der Waals surface area contributed by atoms with E-state index in [1.165, 1.54) is 0 Å². The van der Waals surface area contributed by atoms with Gasteiger partial charge in [-0.05, 0) is 12.1 Å². The molecule has 0 saturated carbocycles. The standard InChI is InChI=1S/C16H27N5O2/c1-14(22)21-11-9-20(10-12-21)8-7-19-16(17-2)18-6-5-15-4-3-13-23-15/h3-4,13H,5-12H2,1-2H3,(H2,17,18,19). The molecule has 1 amide bonds. The number of nitrogens with one attached hydrogen (secondary N) is 2. The Bertz CT molecular complexity index is 493. The Morgan fingerprint density at radius 1 is 1.26 bits per heavy atom. The van der Waals surface area contributed by atoms with E-state index in [4.69, 9.17) is 4.42 Å². The van der Waals surface area contributed by atoms with Crippen LogP contribution in [-0.2, 0) is 11.2 Å². The number of aliphatic imine (C=N–C) groups is 1. The Labute approximate surface area is 137 Å². The Balaban J connectivity index is 1.58. The van der Waals surface area contributed by atoms with E-state index in [0.717, 1.165) is 64.0 Å². The van der Waals surface area contributed by atoms with Crippen LogP contribution in [0.4, 0.5) is 0 Å². The van der Waals surface area contributed by atoms with Crippen LogP contribution in [0.5, 0.6) is 0 Å². The summed E-state index contributed by atoms with van der Waals surface area (Å²) in [5.74, 6) is 1.94. The van der Waals surface area contributed by atoms with E-state index in [1.54, 1.807) is 20.2 Å². The second-order valence-electron chi connectivity index (χ2n) is 5.60. The summed E-state index contributed by atoms with van der Waals surface area (Å²) in [5.41, 5.74) is 0. The van der Waals surface area contributed by atoms with Gasteiger partial charge in [0.2, 0.25) is 5.91 Å². The molecule has 1 aliphatic rings. The molecule has 2 heterocycles. The van der Waals surface area contributed by atoms with Gasteiger partial charge in [-0.2, -0.15) is 0 Å². The zero-order valence-corrected chi connectivity index (χ0v) is 14.0. The molecule has 7 nitrogen and oxygen atoms in total. The molecule has 0 aromatic carbocycles. The second-order valence-corrected chi connectivity index (χ2v) is 5.60. The predicted octanol–water partition coefficient (Wildman–Crippen LogP) is 0.151. The summed E-state index contributed by atoms with van der Waals surface area (Å²) in [5, 5.41) is 6.59. The Kier molecular flexibility index (Phi) is 6.93. The first kappa shape index (κ1) is 17.3. The number of guanidine groups is 1. The molecule has 1 fully saturated rings. The summed E-state index contributed by atoms with van der Waals surface area (Å²) in [6, 6.07) is 3.87. The van der Waals surface area contributed by atoms with Gasteiger partial charge in [0.15, 0.2) is 5.96 Å². The van der Waals surface area contributed by atoms with Gasteiger partial charge in [-0.25, -0.2) is 0 Å². The van der Waals surface area contributed by atoms with Crippen molar-refractivity contribution in [2.24, 2.45) is 4.99 Å². The molecule has 2 N–H and O–H groups in total. The lowest BCUT2D eigenvalue weighted by atomic mass is 10.3. The van der Waals surface area contributed by atoms with Gasteiger partial charge in [-0.15, -0.1) is 0 Å². The number of rotatable bonds is 6. The fraction of sp³-hybridized carbons (Fsp3) is 0.625. The summed E-state index contributed by atoms with van der Waals surface area (Å²) in [6.45, 7) is 7.72. The zero-order chi connectivity index (χ0) is 16.5. The SMILES string of the molecule is CN=C(NCCc1ccco1)NCCN1CCN(C(C)=O)CC1. The van der Waals surface area contributed by atoms with Crippen LogP contribution in [-0.4, -0.2) is 74.5 Å². The van der Waals surface area contributed by atoms with Gasteiger partial charge >= 0.3 is 0 Å². The van der Waals surface area contributed by atoms with E-state index < -0.39 is 0 Å². The summed E-state index contributed by atoms with van der Waals surface area (Å²) >= 11 is 0. The van der Waals surface area contributed by atoms with Crippen molar-refractivity contribution in [1.82, 2.24) is 20.4 Å². The van der Waals surface area contributed by atoms with E-state index in [-0.39, 0.29) is 5.91 Å². The first-order valence-electron chi connectivity index (χ1n) is 8.14. The molecule has 1 aromatic heterocycles. The van der Waals surface area contributed by atoms with Crippen molar-refractivity contribution in [3.05, 3.63) is 24.2 Å². The van der Waals surface area contributed by atoms with Gasteiger partial charge in [0.05, 0.1) is 6.26 Å². The van der Waals surface area contributed by atoms with Crippen molar-refractivity contribution in [2.75, 3.05) is 52.9 Å². The molecule has 7 heteroatoms. The molecule has 1 aromatic rings. The van der Waals surface area contributed by atoms with Crippen LogP contribution in [0.3, 0.4) is 0 Å². The maximum absolute atomic E-state index is 11.3. The third kappa shape index (κ3) is 5.94. The minimum absolute atomic E-state index is 0.170. The smallest absolute Gasteiger partial charge is 0.219 e. The van der Waals surface area contributed by atoms with Crippen LogP contribution in [0.25, 0.3) is 0 Å². The summed E-state index contributed by atoms with van der Waals surface area (Å²) in [7, 11) is 1.77. The van der Waals surface area contributed by atoms with Crippen molar-refractivity contribution in [3.8, 4) is 0 Å². The van der Waals surface area contributed by atoms with Crippen LogP contribution >= 0.6 is 0 Å². The number of nitrogens with zero attached hydrogens (tertiary/aromatic N) is 3. The maximum atomic E-state index is 11.3. The lowest BCUT2D eigenvalue weighted by Crippen LogP contribution is -2.50. The highest BCUT2D eigenvalue weighted by Gasteiger charge is 2.17. The minimum Gasteiger partial charge on any atom is -0.469 e. The van der Waals surface area contributed by atoms with Gasteiger partial charge in [-0.1, -0.05) is 0 Å². The number of carbonyl (C=O) groups is 1. The Morgan fingerprint density at radius 3 is 2.61 bits per heavy atom. The number of furan rings is 1. The number of carbonyl (C=O) groups excluding carboxylic acids is 1. The highest BCUT2D eigenvalue weighted by atomic mass is 16.3. The van der Waals surface area contributed by atoms with Crippen molar-refractivity contribution >= 4 is 11.9 Å². The molecule has 1 aliphatic heterocycles. The van der Waals surface area contributed by atoms with E-state index >= 15 is 0 Å². The van der Waals surface area contributed by atoms with E-state index in [1.807, 2.05) is 17.0 Å². The molecule has 0 unspecified atom stereocenters. The van der Waals surface area contributed by atoms with E-state index in [0.29, 0.717) is 0 Å². The Hall–Kier alpha value is -2.02. The molecule has 2 rings (SSSR count). The van der Waals surface area contributed by atoms with E-state index in [9.17, 15) is 4.79 Å². The predicted molar refractivity (Wildman–Crippen MR) is 90.5 cm³/mol. The highest BCUT2D eigenvalue weighted by Crippen LogP contribution is 2.01. The van der Waals surface area contributed by atoms with Crippen LogP contribution in [0.2, 0.25) is 0 Å². The largest absolute Gasteiger partial charge is 0.469 e. The molecule has 128 valence electrons. The number of hydrogen-bond acceptors (Lipinski definition) is 4. The van der Waals surface area contributed by atoms with Gasteiger partial charge in [-0.3, -0.25) is 14.7 Å². The topological polar surface area (TPSA) is 73.1 Å². The fourth-order valence-corrected chi connectivity index (χ4v) is 2.60. The van der Waals surface area contributed by atoms with Gasteiger partial charge in [0.25, 0.3) is 0 Å². The van der Waals surface area contributed by atoms with E-state index in [2.05, 4.69) is 20.5 Å². The van der Waals surface area contributed by atoms with Crippen LogP contribution < -0.4 is 10.6 Å². The molecule has 0 aliphatic carbocycles. The monoisotopic (exact) mass is 321 g/mol. The third-order valence-corrected chi connectivity index (χ3v) is 4.01. The van der Waals surface area contributed by atoms with Crippen LogP contribution in [0, 0.1) is 0 Å². The summed E-state index contributed by atoms with van der Waals surface area (Å²) in [4.78, 5) is 19.8. The van der Waals surface area contributed by atoms with Crippen molar-refractivity contribution in [2.45, 2.75) is 13.3 Å². The lowest BCUT2D eigenvalue weighted by molar-refractivity contribution is -0.130. The lowest BCUT2D eigenvalue weighted by Gasteiger charge is -2.34. The molecule has 0 spiro atoms. The quantitative estimate of drug-likeness (QED) is 0.576. The summed E-state index contributed by atoms with van der Waals surface area (Å²) < 4.78 is 5.30. The molecular formula is C16H27N5O2. The van der Waals surface area contributed by atoms with Crippen molar-refractivity contribution < 1.29 is 9.21 Å². The molecule has 0 radical (unpaired) electrons. The van der Waals surface area contributed by atoms with Gasteiger partial charge < -0.3 is 20.0 Å². The first-order valence-corrected chi connectivity index (χ1v) is 8.14. The van der Waals surface area contributed by atoms with Crippen LogP contribution in [0.15, 0.2) is 27.8 Å². The molecule has 23 heavy (non-hydrogen) atoms. The molecule has 0 atom stereocenters. The van der Waals surface area contributed by atoms with Crippen LogP contribution in [0.1, 0.15) is 12.7 Å². The number of hydrogen-bond donors (Lipinski definition) is 2. The third-order valence-electron chi connectivity index (χ3n) is 4.01. The van der Waals surface area contributed by atoms with Gasteiger partial charge in [0.1, 0.15) is 5.76 Å². The number of piperazine rings is 1. The van der Waals surface area contributed by atoms with Crippen molar-refractivity contribution in [1.29, 1.82) is 0 Å². The normalized spacial score (nSPS) is 16.4. The van der Waals surface area contributed by atoms with Crippen molar-refractivity contribution in [3.63, 3.8) is 0 Å². The molecule has 0 bridgehead atoms. The minimum atomic E-state index is 0.170. The second kappa shape index (κ2) is 9.19. The van der Waals surface area contributed by atoms with Gasteiger partial charge in [0, 0.05) is 66.2 Å². The first-order chi connectivity index (χ1) is 11.2. The molecule has 1 saturated heterocycles. The summed E-state index contributed by atoms with van der Waals surface area (Å²) in [6.07, 6.45) is 2.52. The fourth-order valence-electron chi connectivity index (χ4n) is 2.60. The average Bonchev–Trinajstić information content (AvgIpc) is 3.07. The number of amides is 1. The average molecular weight is 321 g/mol. The highest BCUT2D eigenvalue weighted by molar-refractivity contribution is 5.79.